The molecule has 0 radical (unpaired) electrons. The molecule has 0 saturated carbocycles. The molecule has 1 rings (SSSR count). The van der Waals surface area contributed by atoms with Gasteiger partial charge in [0.25, 0.3) is 15.2 Å². The van der Waals surface area contributed by atoms with Crippen molar-refractivity contribution in [2.75, 3.05) is 0 Å². The Morgan fingerprint density at radius 1 is 1.17 bits per heavy atom. The summed E-state index contributed by atoms with van der Waals surface area (Å²) in [5, 5.41) is 12.8. The van der Waals surface area contributed by atoms with Crippen LogP contribution in [0.1, 0.15) is 46.4 Å². The lowest BCUT2D eigenvalue weighted by molar-refractivity contribution is 0.429. The number of hydrogen-bond acceptors (Lipinski definition) is 4. The van der Waals surface area contributed by atoms with Crippen molar-refractivity contribution in [2.45, 2.75) is 52.2 Å². The van der Waals surface area contributed by atoms with Crippen molar-refractivity contribution >= 4 is 10.0 Å². The van der Waals surface area contributed by atoms with E-state index in [4.69, 9.17) is 5.14 Å². The van der Waals surface area contributed by atoms with E-state index in [9.17, 15) is 8.42 Å². The Balaban J connectivity index is 3.32. The fourth-order valence-electron chi connectivity index (χ4n) is 1.68. The maximum atomic E-state index is 11.5. The smallest absolute Gasteiger partial charge is 0.273 e. The Morgan fingerprint density at radius 3 is 2.11 bits per heavy atom. The third-order valence-electron chi connectivity index (χ3n) is 2.95. The molecule has 0 aliphatic heterocycles. The molecule has 1 aromatic heterocycles. The Hall–Kier alpha value is -0.950. The number of primary sulfonamides is 1. The van der Waals surface area contributed by atoms with Gasteiger partial charge in [-0.2, -0.15) is 0 Å². The number of rotatable bonds is 5. The van der Waals surface area contributed by atoms with Gasteiger partial charge in [0.1, 0.15) is 5.82 Å². The molecule has 0 aromatic carbocycles. The molecule has 18 heavy (non-hydrogen) atoms. The highest BCUT2D eigenvalue weighted by Gasteiger charge is 2.25. The number of hydrogen-bond donors (Lipinski definition) is 1. The van der Waals surface area contributed by atoms with Gasteiger partial charge in [-0.05, 0) is 11.8 Å². The molecule has 0 fully saturated rings. The summed E-state index contributed by atoms with van der Waals surface area (Å²) in [5.41, 5.74) is 0. The van der Waals surface area contributed by atoms with Gasteiger partial charge in [-0.3, -0.25) is 0 Å². The minimum atomic E-state index is -3.83. The lowest BCUT2D eigenvalue weighted by Crippen LogP contribution is -2.22. The average Bonchev–Trinajstić information content (AvgIpc) is 2.58. The van der Waals surface area contributed by atoms with E-state index >= 15 is 0 Å². The van der Waals surface area contributed by atoms with Crippen LogP contribution in [-0.4, -0.2) is 23.2 Å². The molecule has 0 spiro atoms. The van der Waals surface area contributed by atoms with Crippen molar-refractivity contribution in [2.24, 2.45) is 17.0 Å². The van der Waals surface area contributed by atoms with Crippen molar-refractivity contribution < 1.29 is 8.42 Å². The largest absolute Gasteiger partial charge is 0.300 e. The minimum absolute atomic E-state index is 0.131. The molecule has 0 aliphatic rings. The number of sulfonamides is 1. The fourth-order valence-corrected chi connectivity index (χ4v) is 2.31. The van der Waals surface area contributed by atoms with Gasteiger partial charge >= 0.3 is 0 Å². The molecule has 104 valence electrons. The summed E-state index contributed by atoms with van der Waals surface area (Å²) in [4.78, 5) is 0. The van der Waals surface area contributed by atoms with E-state index in [1.807, 2.05) is 20.8 Å². The van der Waals surface area contributed by atoms with Crippen LogP contribution < -0.4 is 5.14 Å². The molecule has 6 nitrogen and oxygen atoms in total. The van der Waals surface area contributed by atoms with Crippen LogP contribution in [0.2, 0.25) is 0 Å². The van der Waals surface area contributed by atoms with Crippen LogP contribution in [-0.2, 0) is 16.6 Å². The quantitative estimate of drug-likeness (QED) is 0.877. The molecule has 1 aromatic rings. The van der Waals surface area contributed by atoms with Crippen LogP contribution in [0.15, 0.2) is 5.16 Å². The summed E-state index contributed by atoms with van der Waals surface area (Å²) in [5.74, 6) is 1.46. The summed E-state index contributed by atoms with van der Waals surface area (Å²) >= 11 is 0. The van der Waals surface area contributed by atoms with Crippen molar-refractivity contribution in [3.63, 3.8) is 0 Å². The second-order valence-electron chi connectivity index (χ2n) is 5.42. The van der Waals surface area contributed by atoms with Gasteiger partial charge in [0.05, 0.1) is 0 Å². The van der Waals surface area contributed by atoms with Crippen molar-refractivity contribution in [1.29, 1.82) is 0 Å². The lowest BCUT2D eigenvalue weighted by atomic mass is 9.97. The first kappa shape index (κ1) is 15.1. The molecule has 0 saturated heterocycles. The van der Waals surface area contributed by atoms with E-state index in [2.05, 4.69) is 24.0 Å². The molecule has 0 amide bonds. The Labute approximate surface area is 109 Å². The summed E-state index contributed by atoms with van der Waals surface area (Å²) in [6.07, 6.45) is 0. The zero-order valence-corrected chi connectivity index (χ0v) is 12.4. The van der Waals surface area contributed by atoms with Gasteiger partial charge in [-0.1, -0.05) is 34.6 Å². The first-order valence-corrected chi connectivity index (χ1v) is 7.65. The predicted molar refractivity (Wildman–Crippen MR) is 69.5 cm³/mol. The number of aromatic nitrogens is 3. The van der Waals surface area contributed by atoms with Crippen molar-refractivity contribution in [3.05, 3.63) is 5.82 Å². The van der Waals surface area contributed by atoms with Crippen LogP contribution in [0.3, 0.4) is 0 Å². The lowest BCUT2D eigenvalue weighted by Gasteiger charge is -2.18. The molecular formula is C11H22N4O2S. The van der Waals surface area contributed by atoms with Crippen LogP contribution in [0.25, 0.3) is 0 Å². The van der Waals surface area contributed by atoms with Gasteiger partial charge in [-0.15, -0.1) is 10.2 Å². The molecule has 1 heterocycles. The number of nitrogens with zero attached hydrogens (tertiary/aromatic N) is 3. The molecule has 2 N–H and O–H groups in total. The SMILES string of the molecule is CC(C)Cn1c(C(C)C(C)C)nnc1S(N)(=O)=O. The molecule has 1 unspecified atom stereocenters. The molecule has 1 atom stereocenters. The Morgan fingerprint density at radius 2 is 1.72 bits per heavy atom. The highest BCUT2D eigenvalue weighted by atomic mass is 32.2. The second kappa shape index (κ2) is 5.36. The first-order valence-electron chi connectivity index (χ1n) is 6.10. The van der Waals surface area contributed by atoms with Gasteiger partial charge in [0.15, 0.2) is 0 Å². The number of nitrogens with two attached hydrogens (primary N) is 1. The van der Waals surface area contributed by atoms with E-state index in [-0.39, 0.29) is 11.1 Å². The van der Waals surface area contributed by atoms with Crippen LogP contribution in [0.5, 0.6) is 0 Å². The average molecular weight is 274 g/mol. The van der Waals surface area contributed by atoms with Gasteiger partial charge in [0.2, 0.25) is 0 Å². The third-order valence-corrected chi connectivity index (χ3v) is 3.77. The van der Waals surface area contributed by atoms with Crippen molar-refractivity contribution in [1.82, 2.24) is 14.8 Å². The highest BCUT2D eigenvalue weighted by molar-refractivity contribution is 7.89. The fraction of sp³-hybridized carbons (Fsp3) is 0.818. The van der Waals surface area contributed by atoms with Crippen molar-refractivity contribution in [3.8, 4) is 0 Å². The van der Waals surface area contributed by atoms with Gasteiger partial charge < -0.3 is 4.57 Å². The second-order valence-corrected chi connectivity index (χ2v) is 6.88. The van der Waals surface area contributed by atoms with Crippen LogP contribution >= 0.6 is 0 Å². The van der Waals surface area contributed by atoms with E-state index in [1.54, 1.807) is 4.57 Å². The predicted octanol–water partition coefficient (Wildman–Crippen LogP) is 1.34. The van der Waals surface area contributed by atoms with E-state index in [1.165, 1.54) is 0 Å². The van der Waals surface area contributed by atoms with Crippen LogP contribution in [0.4, 0.5) is 0 Å². The zero-order valence-electron chi connectivity index (χ0n) is 11.6. The minimum Gasteiger partial charge on any atom is -0.300 e. The van der Waals surface area contributed by atoms with Crippen LogP contribution in [0, 0.1) is 11.8 Å². The highest BCUT2D eigenvalue weighted by Crippen LogP contribution is 2.24. The topological polar surface area (TPSA) is 90.9 Å². The molecule has 0 bridgehead atoms. The Kier molecular flexibility index (Phi) is 4.50. The Bertz CT molecular complexity index is 505. The van der Waals surface area contributed by atoms with E-state index < -0.39 is 10.0 Å². The standard InChI is InChI=1S/C11H22N4O2S/c1-7(2)6-15-10(9(5)8(3)4)13-14-11(15)18(12,16)17/h7-9H,6H2,1-5H3,(H2,12,16,17). The summed E-state index contributed by atoms with van der Waals surface area (Å²) in [6, 6.07) is 0. The summed E-state index contributed by atoms with van der Waals surface area (Å²) < 4.78 is 24.6. The summed E-state index contributed by atoms with van der Waals surface area (Å²) in [6.45, 7) is 10.7. The maximum absolute atomic E-state index is 11.5. The van der Waals surface area contributed by atoms with E-state index in [0.29, 0.717) is 24.2 Å². The van der Waals surface area contributed by atoms with Gasteiger partial charge in [-0.25, -0.2) is 13.6 Å². The monoisotopic (exact) mass is 274 g/mol. The molecular weight excluding hydrogens is 252 g/mol. The molecule has 0 aliphatic carbocycles. The first-order chi connectivity index (χ1) is 8.14. The van der Waals surface area contributed by atoms with E-state index in [0.717, 1.165) is 0 Å². The summed E-state index contributed by atoms with van der Waals surface area (Å²) in [7, 11) is -3.83. The maximum Gasteiger partial charge on any atom is 0.273 e. The molecule has 7 heteroatoms. The normalized spacial score (nSPS) is 14.4. The zero-order chi connectivity index (χ0) is 14.1. The van der Waals surface area contributed by atoms with Gasteiger partial charge in [0, 0.05) is 12.5 Å². The third kappa shape index (κ3) is 3.29.